The van der Waals surface area contributed by atoms with Crippen molar-refractivity contribution >= 4 is 11.3 Å². The summed E-state index contributed by atoms with van der Waals surface area (Å²) in [7, 11) is 0. The first-order valence-corrected chi connectivity index (χ1v) is 7.96. The third-order valence-corrected chi connectivity index (χ3v) is 4.49. The maximum atomic E-state index is 8.69. The Hall–Kier alpha value is -1.74. The number of aromatic nitrogens is 1. The summed E-state index contributed by atoms with van der Waals surface area (Å²) in [6.07, 6.45) is 0.597. The van der Waals surface area contributed by atoms with E-state index in [1.54, 1.807) is 11.3 Å². The molecule has 3 rings (SSSR count). The van der Waals surface area contributed by atoms with Gasteiger partial charge in [0.25, 0.3) is 0 Å². The van der Waals surface area contributed by atoms with Crippen LogP contribution in [0.1, 0.15) is 17.5 Å². The highest BCUT2D eigenvalue weighted by molar-refractivity contribution is 7.10. The summed E-state index contributed by atoms with van der Waals surface area (Å²) in [6, 6.07) is 12.4. The molecule has 1 saturated heterocycles. The van der Waals surface area contributed by atoms with Crippen LogP contribution in [0.2, 0.25) is 0 Å². The summed E-state index contributed by atoms with van der Waals surface area (Å²) in [6.45, 7) is 3.24. The van der Waals surface area contributed by atoms with Crippen molar-refractivity contribution in [3.8, 4) is 17.3 Å². The Bertz CT molecular complexity index is 620. The second kappa shape index (κ2) is 6.81. The number of nitrogens with zero attached hydrogens (tertiary/aromatic N) is 3. The number of hydrogen-bond donors (Lipinski definition) is 0. The fraction of sp³-hybridized carbons (Fsp3) is 0.375. The molecule has 0 amide bonds. The lowest BCUT2D eigenvalue weighted by Gasteiger charge is -2.31. The summed E-state index contributed by atoms with van der Waals surface area (Å²) in [4.78, 5) is 7.00. The molecule has 0 bridgehead atoms. The van der Waals surface area contributed by atoms with E-state index in [0.29, 0.717) is 13.0 Å². The van der Waals surface area contributed by atoms with Crippen LogP contribution in [0.15, 0.2) is 35.7 Å². The van der Waals surface area contributed by atoms with Crippen molar-refractivity contribution in [3.63, 3.8) is 0 Å². The van der Waals surface area contributed by atoms with E-state index < -0.39 is 0 Å². The Balaban J connectivity index is 1.70. The molecular formula is C16H17N3OS. The Morgan fingerprint density at radius 3 is 3.05 bits per heavy atom. The highest BCUT2D eigenvalue weighted by Crippen LogP contribution is 2.29. The third-order valence-electron chi connectivity index (χ3n) is 3.56. The van der Waals surface area contributed by atoms with E-state index >= 15 is 0 Å². The minimum absolute atomic E-state index is 0.0277. The molecule has 4 nitrogen and oxygen atoms in total. The van der Waals surface area contributed by atoms with E-state index in [-0.39, 0.29) is 6.10 Å². The van der Waals surface area contributed by atoms with Gasteiger partial charge in [0, 0.05) is 37.0 Å². The smallest absolute Gasteiger partial charge is 0.124 e. The van der Waals surface area contributed by atoms with Gasteiger partial charge < -0.3 is 4.74 Å². The standard InChI is InChI=1S/C16H17N3OS/c17-7-4-8-19-9-10-20-15(11-19)16-18-14(12-21-16)13-5-2-1-3-6-13/h1-3,5-6,12,15H,4,8-11H2/t15-/m0/s1. The fourth-order valence-electron chi connectivity index (χ4n) is 2.44. The SMILES string of the molecule is N#CCCN1CCO[C@H](c2nc(-c3ccccc3)cs2)C1. The summed E-state index contributed by atoms with van der Waals surface area (Å²) >= 11 is 1.65. The van der Waals surface area contributed by atoms with Gasteiger partial charge in [0.2, 0.25) is 0 Å². The van der Waals surface area contributed by atoms with Gasteiger partial charge in [-0.3, -0.25) is 4.90 Å². The van der Waals surface area contributed by atoms with E-state index in [1.165, 1.54) is 0 Å². The first-order valence-electron chi connectivity index (χ1n) is 7.08. The molecule has 108 valence electrons. The van der Waals surface area contributed by atoms with Gasteiger partial charge in [-0.05, 0) is 0 Å². The molecule has 1 atom stereocenters. The van der Waals surface area contributed by atoms with Crippen LogP contribution in [-0.4, -0.2) is 36.1 Å². The molecule has 1 aromatic heterocycles. The highest BCUT2D eigenvalue weighted by Gasteiger charge is 2.24. The molecule has 0 aliphatic carbocycles. The van der Waals surface area contributed by atoms with Crippen LogP contribution in [0.3, 0.4) is 0 Å². The van der Waals surface area contributed by atoms with Crippen molar-refractivity contribution in [2.45, 2.75) is 12.5 Å². The Morgan fingerprint density at radius 2 is 2.24 bits per heavy atom. The van der Waals surface area contributed by atoms with Crippen molar-refractivity contribution in [1.29, 1.82) is 5.26 Å². The van der Waals surface area contributed by atoms with Crippen LogP contribution in [0, 0.1) is 11.3 Å². The summed E-state index contributed by atoms with van der Waals surface area (Å²) < 4.78 is 5.85. The van der Waals surface area contributed by atoms with Crippen molar-refractivity contribution in [3.05, 3.63) is 40.7 Å². The van der Waals surface area contributed by atoms with Crippen molar-refractivity contribution in [2.75, 3.05) is 26.2 Å². The number of thiazole rings is 1. The predicted molar refractivity (Wildman–Crippen MR) is 82.9 cm³/mol. The van der Waals surface area contributed by atoms with E-state index in [2.05, 4.69) is 28.5 Å². The highest BCUT2D eigenvalue weighted by atomic mass is 32.1. The number of rotatable bonds is 4. The van der Waals surface area contributed by atoms with Crippen LogP contribution in [0.25, 0.3) is 11.3 Å². The van der Waals surface area contributed by atoms with Gasteiger partial charge in [-0.25, -0.2) is 4.98 Å². The molecule has 1 aliphatic rings. The second-order valence-electron chi connectivity index (χ2n) is 5.01. The van der Waals surface area contributed by atoms with Gasteiger partial charge in [-0.15, -0.1) is 11.3 Å². The van der Waals surface area contributed by atoms with Gasteiger partial charge in [-0.1, -0.05) is 30.3 Å². The second-order valence-corrected chi connectivity index (χ2v) is 5.89. The number of hydrogen-bond acceptors (Lipinski definition) is 5. The molecular weight excluding hydrogens is 282 g/mol. The zero-order valence-electron chi connectivity index (χ0n) is 11.7. The van der Waals surface area contributed by atoms with Crippen LogP contribution in [-0.2, 0) is 4.74 Å². The third kappa shape index (κ3) is 3.48. The van der Waals surface area contributed by atoms with Crippen LogP contribution in [0.5, 0.6) is 0 Å². The Labute approximate surface area is 128 Å². The lowest BCUT2D eigenvalue weighted by Crippen LogP contribution is -2.38. The minimum Gasteiger partial charge on any atom is -0.368 e. The summed E-state index contributed by atoms with van der Waals surface area (Å²) in [5.41, 5.74) is 2.14. The molecule has 2 aromatic rings. The van der Waals surface area contributed by atoms with Gasteiger partial charge >= 0.3 is 0 Å². The van der Waals surface area contributed by atoms with E-state index in [9.17, 15) is 0 Å². The molecule has 0 N–H and O–H groups in total. The van der Waals surface area contributed by atoms with Crippen LogP contribution < -0.4 is 0 Å². The van der Waals surface area contributed by atoms with E-state index in [4.69, 9.17) is 15.0 Å². The molecule has 2 heterocycles. The maximum Gasteiger partial charge on any atom is 0.124 e. The average Bonchev–Trinajstić information content (AvgIpc) is 3.04. The molecule has 1 aliphatic heterocycles. The number of morpholine rings is 1. The molecule has 0 radical (unpaired) electrons. The summed E-state index contributed by atoms with van der Waals surface area (Å²) in [5, 5.41) is 11.8. The van der Waals surface area contributed by atoms with E-state index in [0.717, 1.165) is 35.9 Å². The molecule has 21 heavy (non-hydrogen) atoms. The van der Waals surface area contributed by atoms with Crippen LogP contribution >= 0.6 is 11.3 Å². The Kier molecular flexibility index (Phi) is 4.61. The van der Waals surface area contributed by atoms with Crippen molar-refractivity contribution < 1.29 is 4.74 Å². The monoisotopic (exact) mass is 299 g/mol. The van der Waals surface area contributed by atoms with Crippen molar-refractivity contribution in [1.82, 2.24) is 9.88 Å². The Morgan fingerprint density at radius 1 is 1.38 bits per heavy atom. The zero-order valence-corrected chi connectivity index (χ0v) is 12.6. The lowest BCUT2D eigenvalue weighted by molar-refractivity contribution is -0.0292. The van der Waals surface area contributed by atoms with Gasteiger partial charge in [-0.2, -0.15) is 5.26 Å². The zero-order chi connectivity index (χ0) is 14.5. The summed E-state index contributed by atoms with van der Waals surface area (Å²) in [5.74, 6) is 0. The molecule has 1 aromatic carbocycles. The molecule has 1 fully saturated rings. The van der Waals surface area contributed by atoms with Gasteiger partial charge in [0.05, 0.1) is 18.4 Å². The van der Waals surface area contributed by atoms with Gasteiger partial charge in [0.1, 0.15) is 11.1 Å². The van der Waals surface area contributed by atoms with E-state index in [1.807, 2.05) is 18.2 Å². The fourth-order valence-corrected chi connectivity index (χ4v) is 3.31. The van der Waals surface area contributed by atoms with Gasteiger partial charge in [0.15, 0.2) is 0 Å². The quantitative estimate of drug-likeness (QED) is 0.870. The molecule has 0 saturated carbocycles. The van der Waals surface area contributed by atoms with Crippen LogP contribution in [0.4, 0.5) is 0 Å². The number of benzene rings is 1. The minimum atomic E-state index is 0.0277. The van der Waals surface area contributed by atoms with Crippen molar-refractivity contribution in [2.24, 2.45) is 0 Å². The maximum absolute atomic E-state index is 8.69. The first-order chi connectivity index (χ1) is 10.4. The predicted octanol–water partition coefficient (Wildman–Crippen LogP) is 3.10. The average molecular weight is 299 g/mol. The normalized spacial score (nSPS) is 19.3. The first kappa shape index (κ1) is 14.2. The molecule has 0 spiro atoms. The largest absolute Gasteiger partial charge is 0.368 e. The lowest BCUT2D eigenvalue weighted by atomic mass is 10.2. The molecule has 0 unspecified atom stereocenters. The topological polar surface area (TPSA) is 49.2 Å². The number of ether oxygens (including phenoxy) is 1. The molecule has 5 heteroatoms. The number of nitriles is 1.